The molecule has 0 aliphatic carbocycles. The average Bonchev–Trinajstić information content (AvgIpc) is 2.68. The van der Waals surface area contributed by atoms with Gasteiger partial charge in [-0.15, -0.1) is 0 Å². The topological polar surface area (TPSA) is 75.7 Å². The maximum Gasteiger partial charge on any atom is 0.243 e. The largest absolute Gasteiger partial charge is 0.497 e. The van der Waals surface area contributed by atoms with Gasteiger partial charge in [0, 0.05) is 13.1 Å². The van der Waals surface area contributed by atoms with E-state index in [1.165, 1.54) is 31.9 Å². The fraction of sp³-hybridized carbons (Fsp3) is 0.409. The molecule has 1 atom stereocenters. The lowest BCUT2D eigenvalue weighted by Gasteiger charge is -2.29. The van der Waals surface area contributed by atoms with Gasteiger partial charge in [0.1, 0.15) is 5.75 Å². The van der Waals surface area contributed by atoms with Crippen LogP contribution in [-0.2, 0) is 20.2 Å². The highest BCUT2D eigenvalue weighted by Crippen LogP contribution is 2.28. The Bertz CT molecular complexity index is 910. The lowest BCUT2D eigenvalue weighted by molar-refractivity contribution is -0.121. The number of nitrogens with one attached hydrogen (secondary N) is 1. The van der Waals surface area contributed by atoms with Crippen LogP contribution in [0, 0.1) is 0 Å². The number of rotatable bonds is 9. The number of sulfonamides is 1. The number of likely N-dealkylation sites (N-methyl/N-ethyl adjacent to an activating group) is 1. The van der Waals surface area contributed by atoms with Crippen LogP contribution in [0.2, 0.25) is 0 Å². The fourth-order valence-electron chi connectivity index (χ4n) is 3.36. The highest BCUT2D eigenvalue weighted by Gasteiger charge is 2.26. The van der Waals surface area contributed by atoms with Gasteiger partial charge in [0.15, 0.2) is 0 Å². The maximum atomic E-state index is 12.7. The summed E-state index contributed by atoms with van der Waals surface area (Å²) in [7, 11) is -0.841. The molecule has 0 fully saturated rings. The number of benzene rings is 2. The molecule has 0 saturated heterocycles. The predicted octanol–water partition coefficient (Wildman–Crippen LogP) is 3.19. The Labute approximate surface area is 173 Å². The first-order valence-corrected chi connectivity index (χ1v) is 11.0. The van der Waals surface area contributed by atoms with Crippen molar-refractivity contribution in [1.29, 1.82) is 0 Å². The minimum Gasteiger partial charge on any atom is -0.497 e. The molecule has 1 N–H and O–H groups in total. The Hall–Kier alpha value is -2.38. The van der Waals surface area contributed by atoms with E-state index in [1.807, 2.05) is 25.1 Å². The monoisotopic (exact) mass is 418 g/mol. The van der Waals surface area contributed by atoms with Crippen LogP contribution in [0.3, 0.4) is 0 Å². The molecule has 6 nitrogen and oxygen atoms in total. The minimum atomic E-state index is -3.76. The van der Waals surface area contributed by atoms with Crippen molar-refractivity contribution in [3.05, 3.63) is 60.2 Å². The van der Waals surface area contributed by atoms with E-state index in [9.17, 15) is 13.2 Å². The first-order chi connectivity index (χ1) is 13.6. The van der Waals surface area contributed by atoms with Crippen molar-refractivity contribution in [2.45, 2.75) is 43.5 Å². The molecular weight excluding hydrogens is 388 g/mol. The number of ether oxygens (including phenoxy) is 1. The van der Waals surface area contributed by atoms with Gasteiger partial charge in [0.05, 0.1) is 18.6 Å². The van der Waals surface area contributed by atoms with Crippen molar-refractivity contribution in [3.8, 4) is 5.75 Å². The van der Waals surface area contributed by atoms with Crippen LogP contribution in [-0.4, -0.2) is 45.4 Å². The van der Waals surface area contributed by atoms with E-state index in [2.05, 4.69) is 31.3 Å². The molecule has 2 rings (SSSR count). The number of nitrogens with zero attached hydrogens (tertiary/aromatic N) is 1. The Kier molecular flexibility index (Phi) is 7.43. The van der Waals surface area contributed by atoms with Crippen LogP contribution >= 0.6 is 0 Å². The Balaban J connectivity index is 1.96. The number of hydrogen-bond acceptors (Lipinski definition) is 4. The van der Waals surface area contributed by atoms with Crippen molar-refractivity contribution in [2.24, 2.45) is 0 Å². The zero-order valence-electron chi connectivity index (χ0n) is 17.7. The molecule has 158 valence electrons. The van der Waals surface area contributed by atoms with E-state index in [-0.39, 0.29) is 28.8 Å². The molecule has 29 heavy (non-hydrogen) atoms. The van der Waals surface area contributed by atoms with E-state index in [4.69, 9.17) is 4.74 Å². The molecule has 0 saturated carbocycles. The molecule has 1 amide bonds. The molecular formula is C22H30N2O4S. The first kappa shape index (κ1) is 22.9. The second-order valence-electron chi connectivity index (χ2n) is 7.86. The number of hydrogen-bond donors (Lipinski definition) is 1. The van der Waals surface area contributed by atoms with Gasteiger partial charge in [0.25, 0.3) is 0 Å². The van der Waals surface area contributed by atoms with Crippen LogP contribution in [0.25, 0.3) is 0 Å². The number of carbonyl (C=O) groups excluding carboxylic acids is 1. The van der Waals surface area contributed by atoms with E-state index in [0.29, 0.717) is 5.75 Å². The van der Waals surface area contributed by atoms with Gasteiger partial charge in [-0.05, 0) is 48.6 Å². The fourth-order valence-corrected chi connectivity index (χ4v) is 4.49. The molecule has 2 aromatic rings. The van der Waals surface area contributed by atoms with E-state index >= 15 is 0 Å². The van der Waals surface area contributed by atoms with Gasteiger partial charge < -0.3 is 10.1 Å². The molecule has 0 bridgehead atoms. The van der Waals surface area contributed by atoms with Gasteiger partial charge in [-0.3, -0.25) is 4.79 Å². The quantitative estimate of drug-likeness (QED) is 0.679. The third kappa shape index (κ3) is 6.05. The van der Waals surface area contributed by atoms with Gasteiger partial charge in [-0.25, -0.2) is 8.42 Å². The smallest absolute Gasteiger partial charge is 0.243 e. The van der Waals surface area contributed by atoms with Gasteiger partial charge in [-0.1, -0.05) is 44.2 Å². The van der Waals surface area contributed by atoms with Gasteiger partial charge >= 0.3 is 0 Å². The summed E-state index contributed by atoms with van der Waals surface area (Å²) in [5.74, 6) is 0.236. The average molecular weight is 419 g/mol. The Morgan fingerprint density at radius 2 is 1.69 bits per heavy atom. The SMILES string of the molecule is COc1ccc(S(=O)(=O)N(C)CC(=O)N[C@@H](C)CC(C)(C)c2ccccc2)cc1. The molecule has 0 radical (unpaired) electrons. The number of methoxy groups -OCH3 is 1. The van der Waals surface area contributed by atoms with E-state index in [0.717, 1.165) is 10.7 Å². The van der Waals surface area contributed by atoms with Crippen molar-refractivity contribution >= 4 is 15.9 Å². The standard InChI is InChI=1S/C22H30N2O4S/c1-17(15-22(2,3)18-9-7-6-8-10-18)23-21(25)16-24(4)29(26,27)20-13-11-19(28-5)12-14-20/h6-14,17H,15-16H2,1-5H3,(H,23,25)/t17-/m0/s1. The Morgan fingerprint density at radius 1 is 1.10 bits per heavy atom. The van der Waals surface area contributed by atoms with E-state index < -0.39 is 10.0 Å². The normalized spacial score (nSPS) is 13.2. The molecule has 0 aliphatic rings. The molecule has 0 spiro atoms. The summed E-state index contributed by atoms with van der Waals surface area (Å²) in [5, 5.41) is 2.91. The van der Waals surface area contributed by atoms with Gasteiger partial charge in [0.2, 0.25) is 15.9 Å². The van der Waals surface area contributed by atoms with Crippen molar-refractivity contribution < 1.29 is 17.9 Å². The summed E-state index contributed by atoms with van der Waals surface area (Å²) < 4.78 is 31.4. The third-order valence-electron chi connectivity index (χ3n) is 4.91. The first-order valence-electron chi connectivity index (χ1n) is 9.51. The third-order valence-corrected chi connectivity index (χ3v) is 6.73. The number of amides is 1. The molecule has 0 aliphatic heterocycles. The molecule has 0 unspecified atom stereocenters. The van der Waals surface area contributed by atoms with Crippen LogP contribution in [0.4, 0.5) is 0 Å². The molecule has 0 aromatic heterocycles. The Morgan fingerprint density at radius 3 is 2.24 bits per heavy atom. The van der Waals surface area contributed by atoms with Crippen molar-refractivity contribution in [1.82, 2.24) is 9.62 Å². The summed E-state index contributed by atoms with van der Waals surface area (Å²) in [5.41, 5.74) is 1.08. The maximum absolute atomic E-state index is 12.7. The predicted molar refractivity (Wildman–Crippen MR) is 114 cm³/mol. The molecule has 7 heteroatoms. The number of carbonyl (C=O) groups is 1. The summed E-state index contributed by atoms with van der Waals surface area (Å²) in [6.07, 6.45) is 0.734. The summed E-state index contributed by atoms with van der Waals surface area (Å²) in [4.78, 5) is 12.5. The second-order valence-corrected chi connectivity index (χ2v) is 9.90. The van der Waals surface area contributed by atoms with Crippen LogP contribution in [0.5, 0.6) is 5.75 Å². The van der Waals surface area contributed by atoms with Gasteiger partial charge in [-0.2, -0.15) is 4.31 Å². The second kappa shape index (κ2) is 9.41. The van der Waals surface area contributed by atoms with Crippen LogP contribution in [0.15, 0.2) is 59.5 Å². The summed E-state index contributed by atoms with van der Waals surface area (Å²) in [6.45, 7) is 5.95. The zero-order valence-corrected chi connectivity index (χ0v) is 18.5. The highest BCUT2D eigenvalue weighted by molar-refractivity contribution is 7.89. The van der Waals surface area contributed by atoms with Crippen molar-refractivity contribution in [3.63, 3.8) is 0 Å². The lowest BCUT2D eigenvalue weighted by atomic mass is 9.79. The molecule has 0 heterocycles. The summed E-state index contributed by atoms with van der Waals surface area (Å²) in [6, 6.07) is 16.1. The lowest BCUT2D eigenvalue weighted by Crippen LogP contribution is -2.43. The zero-order chi connectivity index (χ0) is 21.7. The summed E-state index contributed by atoms with van der Waals surface area (Å²) >= 11 is 0. The molecule has 2 aromatic carbocycles. The van der Waals surface area contributed by atoms with Crippen LogP contribution in [0.1, 0.15) is 32.8 Å². The highest BCUT2D eigenvalue weighted by atomic mass is 32.2. The van der Waals surface area contributed by atoms with Crippen molar-refractivity contribution in [2.75, 3.05) is 20.7 Å². The van der Waals surface area contributed by atoms with Crippen LogP contribution < -0.4 is 10.1 Å². The van der Waals surface area contributed by atoms with E-state index in [1.54, 1.807) is 12.1 Å². The minimum absolute atomic E-state index is 0.102.